The number of aliphatic carboxylic acids is 2. The molecule has 0 radical (unpaired) electrons. The first-order chi connectivity index (χ1) is 12.1. The molecule has 1 aromatic carbocycles. The normalized spacial score (nSPS) is 13.8. The van der Waals surface area contributed by atoms with E-state index in [-0.39, 0.29) is 30.5 Å². The molecule has 1 aromatic rings. The van der Waals surface area contributed by atoms with E-state index >= 15 is 0 Å². The van der Waals surface area contributed by atoms with Crippen molar-refractivity contribution in [2.75, 3.05) is 6.54 Å². The monoisotopic (exact) mass is 363 g/mol. The predicted molar refractivity (Wildman–Crippen MR) is 99.0 cm³/mol. The Morgan fingerprint density at radius 2 is 1.65 bits per heavy atom. The quantitative estimate of drug-likeness (QED) is 0.558. The first-order valence-corrected chi connectivity index (χ1v) is 8.83. The smallest absolute Gasteiger partial charge is 0.307 e. The Bertz CT molecular complexity index is 606. The molecule has 0 aliphatic heterocycles. The number of carboxylic acid groups (broad SMARTS) is 2. The second-order valence-corrected chi connectivity index (χ2v) is 7.81. The van der Waals surface area contributed by atoms with Crippen LogP contribution in [0.5, 0.6) is 0 Å². The maximum Gasteiger partial charge on any atom is 0.307 e. The highest BCUT2D eigenvalue weighted by molar-refractivity contribution is 5.90. The topological polar surface area (TPSA) is 104 Å². The maximum atomic E-state index is 12.6. The van der Waals surface area contributed by atoms with Crippen molar-refractivity contribution < 1.29 is 24.6 Å². The number of benzene rings is 1. The predicted octanol–water partition coefficient (Wildman–Crippen LogP) is 2.76. The third-order valence-electron chi connectivity index (χ3n) is 4.15. The number of carbonyl (C=O) groups excluding carboxylic acids is 1. The van der Waals surface area contributed by atoms with Crippen molar-refractivity contribution >= 4 is 17.7 Å². The van der Waals surface area contributed by atoms with E-state index in [0.717, 1.165) is 12.0 Å². The van der Waals surface area contributed by atoms with Crippen LogP contribution in [0.3, 0.4) is 0 Å². The standard InChI is InChI=1S/C20H29NO5/c1-20(2,3)9-10-21-16(13-18(23)24)17(22)12-15(19(25)26)11-14-7-5-4-6-8-14/h4-8,15-16,21H,9-13H2,1-3H3,(H,23,24)(H,25,26). The van der Waals surface area contributed by atoms with Crippen LogP contribution >= 0.6 is 0 Å². The molecule has 2 unspecified atom stereocenters. The molecule has 0 spiro atoms. The average molecular weight is 363 g/mol. The number of nitrogens with one attached hydrogen (secondary N) is 1. The first-order valence-electron chi connectivity index (χ1n) is 8.83. The summed E-state index contributed by atoms with van der Waals surface area (Å²) in [4.78, 5) is 35.2. The molecular weight excluding hydrogens is 334 g/mol. The van der Waals surface area contributed by atoms with Crippen LogP contribution in [0.1, 0.15) is 45.6 Å². The van der Waals surface area contributed by atoms with E-state index in [2.05, 4.69) is 26.1 Å². The number of carbonyl (C=O) groups is 3. The third kappa shape index (κ3) is 8.76. The van der Waals surface area contributed by atoms with Crippen LogP contribution in [0.15, 0.2) is 30.3 Å². The highest BCUT2D eigenvalue weighted by atomic mass is 16.4. The Balaban J connectivity index is 2.74. The number of carboxylic acids is 2. The van der Waals surface area contributed by atoms with Gasteiger partial charge in [-0.3, -0.25) is 14.4 Å². The number of rotatable bonds is 11. The van der Waals surface area contributed by atoms with E-state index in [9.17, 15) is 19.5 Å². The lowest BCUT2D eigenvalue weighted by molar-refractivity contribution is -0.144. The molecule has 0 fully saturated rings. The van der Waals surface area contributed by atoms with Gasteiger partial charge in [-0.1, -0.05) is 51.1 Å². The van der Waals surface area contributed by atoms with Crippen molar-refractivity contribution in [2.45, 2.75) is 52.5 Å². The summed E-state index contributed by atoms with van der Waals surface area (Å²) in [5.74, 6) is -3.37. The maximum absolute atomic E-state index is 12.6. The summed E-state index contributed by atoms with van der Waals surface area (Å²) in [6.45, 7) is 6.68. The van der Waals surface area contributed by atoms with Crippen LogP contribution in [-0.2, 0) is 20.8 Å². The van der Waals surface area contributed by atoms with Crippen LogP contribution in [0.2, 0.25) is 0 Å². The summed E-state index contributed by atoms with van der Waals surface area (Å²) in [6.07, 6.45) is 0.484. The molecule has 0 aromatic heterocycles. The molecule has 2 atom stereocenters. The zero-order chi connectivity index (χ0) is 19.7. The molecule has 26 heavy (non-hydrogen) atoms. The van der Waals surface area contributed by atoms with Gasteiger partial charge in [0.1, 0.15) is 0 Å². The average Bonchev–Trinajstić information content (AvgIpc) is 2.52. The molecule has 0 heterocycles. The van der Waals surface area contributed by atoms with E-state index in [1.807, 2.05) is 30.3 Å². The van der Waals surface area contributed by atoms with Gasteiger partial charge in [-0.25, -0.2) is 0 Å². The Labute approximate surface area is 154 Å². The Morgan fingerprint density at radius 3 is 2.15 bits per heavy atom. The molecule has 6 heteroatoms. The molecule has 6 nitrogen and oxygen atoms in total. The summed E-state index contributed by atoms with van der Waals surface area (Å²) in [5.41, 5.74) is 0.893. The van der Waals surface area contributed by atoms with Crippen molar-refractivity contribution in [2.24, 2.45) is 11.3 Å². The fraction of sp³-hybridized carbons (Fsp3) is 0.550. The van der Waals surface area contributed by atoms with Gasteiger partial charge < -0.3 is 15.5 Å². The van der Waals surface area contributed by atoms with Gasteiger partial charge in [0.05, 0.1) is 18.4 Å². The molecule has 0 aliphatic carbocycles. The van der Waals surface area contributed by atoms with Gasteiger partial charge >= 0.3 is 11.9 Å². The van der Waals surface area contributed by atoms with Gasteiger partial charge in [0, 0.05) is 6.42 Å². The van der Waals surface area contributed by atoms with Gasteiger partial charge in [-0.2, -0.15) is 0 Å². The minimum absolute atomic E-state index is 0.0563. The van der Waals surface area contributed by atoms with Crippen molar-refractivity contribution in [3.63, 3.8) is 0 Å². The summed E-state index contributed by atoms with van der Waals surface area (Å²) >= 11 is 0. The molecule has 0 aliphatic rings. The van der Waals surface area contributed by atoms with Crippen LogP contribution < -0.4 is 5.32 Å². The second kappa shape index (κ2) is 10.1. The number of Topliss-reactive ketones (excluding diaryl/α,β-unsaturated/α-hetero) is 1. The van der Waals surface area contributed by atoms with Gasteiger partial charge in [-0.15, -0.1) is 0 Å². The zero-order valence-corrected chi connectivity index (χ0v) is 15.7. The van der Waals surface area contributed by atoms with Crippen molar-refractivity contribution in [1.82, 2.24) is 5.32 Å². The number of hydrogen-bond donors (Lipinski definition) is 3. The SMILES string of the molecule is CC(C)(C)CCNC(CC(=O)O)C(=O)CC(Cc1ccccc1)C(=O)O. The first kappa shape index (κ1) is 21.8. The fourth-order valence-electron chi connectivity index (χ4n) is 2.63. The van der Waals surface area contributed by atoms with Gasteiger partial charge in [0.25, 0.3) is 0 Å². The molecule has 144 valence electrons. The van der Waals surface area contributed by atoms with Gasteiger partial charge in [-0.05, 0) is 30.4 Å². The fourth-order valence-corrected chi connectivity index (χ4v) is 2.63. The molecule has 0 saturated carbocycles. The largest absolute Gasteiger partial charge is 0.481 e. The minimum Gasteiger partial charge on any atom is -0.481 e. The molecule has 1 rings (SSSR count). The summed E-state index contributed by atoms with van der Waals surface area (Å²) in [5, 5.41) is 21.5. The summed E-state index contributed by atoms with van der Waals surface area (Å²) < 4.78 is 0. The van der Waals surface area contributed by atoms with E-state index in [4.69, 9.17) is 5.11 Å². The van der Waals surface area contributed by atoms with Gasteiger partial charge in [0.15, 0.2) is 5.78 Å². The van der Waals surface area contributed by atoms with Crippen molar-refractivity contribution in [3.05, 3.63) is 35.9 Å². The Morgan fingerprint density at radius 1 is 1.04 bits per heavy atom. The van der Waals surface area contributed by atoms with Gasteiger partial charge in [0.2, 0.25) is 0 Å². The molecule has 0 amide bonds. The molecular formula is C20H29NO5. The Hall–Kier alpha value is -2.21. The lowest BCUT2D eigenvalue weighted by Gasteiger charge is -2.22. The Kier molecular flexibility index (Phi) is 8.45. The van der Waals surface area contributed by atoms with E-state index in [1.54, 1.807) is 0 Å². The zero-order valence-electron chi connectivity index (χ0n) is 15.7. The summed E-state index contributed by atoms with van der Waals surface area (Å²) in [6, 6.07) is 8.24. The van der Waals surface area contributed by atoms with Crippen LogP contribution in [0.25, 0.3) is 0 Å². The molecule has 3 N–H and O–H groups in total. The van der Waals surface area contributed by atoms with Crippen molar-refractivity contribution in [1.29, 1.82) is 0 Å². The number of hydrogen-bond acceptors (Lipinski definition) is 4. The second-order valence-electron chi connectivity index (χ2n) is 7.81. The summed E-state index contributed by atoms with van der Waals surface area (Å²) in [7, 11) is 0. The molecule has 0 saturated heterocycles. The third-order valence-corrected chi connectivity index (χ3v) is 4.15. The van der Waals surface area contributed by atoms with Crippen LogP contribution in [0.4, 0.5) is 0 Å². The lowest BCUT2D eigenvalue weighted by Crippen LogP contribution is -2.41. The van der Waals surface area contributed by atoms with Crippen LogP contribution in [0, 0.1) is 11.3 Å². The van der Waals surface area contributed by atoms with Crippen LogP contribution in [-0.4, -0.2) is 40.5 Å². The number of ketones is 1. The minimum atomic E-state index is -1.08. The molecule has 0 bridgehead atoms. The van der Waals surface area contributed by atoms with Crippen molar-refractivity contribution in [3.8, 4) is 0 Å². The van der Waals surface area contributed by atoms with E-state index < -0.39 is 23.9 Å². The lowest BCUT2D eigenvalue weighted by atomic mass is 9.90. The highest BCUT2D eigenvalue weighted by Gasteiger charge is 2.28. The van der Waals surface area contributed by atoms with E-state index in [0.29, 0.717) is 6.54 Å². The highest BCUT2D eigenvalue weighted by Crippen LogP contribution is 2.18. The van der Waals surface area contributed by atoms with E-state index in [1.165, 1.54) is 0 Å².